The maximum Gasteiger partial charge on any atom is 0.256 e. The lowest BCUT2D eigenvalue weighted by Gasteiger charge is -2.07. The van der Waals surface area contributed by atoms with Crippen molar-refractivity contribution in [3.05, 3.63) is 58.9 Å². The minimum absolute atomic E-state index is 0.110. The highest BCUT2D eigenvalue weighted by Gasteiger charge is 2.05. The number of H-pyrrole nitrogens is 1. The first-order valence-corrected chi connectivity index (χ1v) is 6.57. The molecule has 2 aromatic carbocycles. The third-order valence-electron chi connectivity index (χ3n) is 3.45. The van der Waals surface area contributed by atoms with Gasteiger partial charge in [-0.05, 0) is 59.5 Å². The zero-order chi connectivity index (χ0) is 14.8. The minimum Gasteiger partial charge on any atom is -0.497 e. The minimum atomic E-state index is -0.110. The van der Waals surface area contributed by atoms with E-state index in [4.69, 9.17) is 9.47 Å². The number of hydrogen-bond acceptors (Lipinski definition) is 3. The van der Waals surface area contributed by atoms with Crippen LogP contribution >= 0.6 is 0 Å². The number of aromatic nitrogens is 1. The molecule has 106 valence electrons. The molecule has 4 nitrogen and oxygen atoms in total. The van der Waals surface area contributed by atoms with Crippen LogP contribution in [-0.2, 0) is 0 Å². The SMILES string of the molecule is COc1ccc(-c2cc3cc(OC)ccc3c(=O)[nH]2)cc1. The Balaban J connectivity index is 2.15. The first-order chi connectivity index (χ1) is 10.2. The lowest BCUT2D eigenvalue weighted by atomic mass is 10.1. The fourth-order valence-electron chi connectivity index (χ4n) is 2.30. The van der Waals surface area contributed by atoms with Gasteiger partial charge in [-0.25, -0.2) is 0 Å². The lowest BCUT2D eigenvalue weighted by Crippen LogP contribution is -2.07. The third-order valence-corrected chi connectivity index (χ3v) is 3.45. The van der Waals surface area contributed by atoms with Crippen LogP contribution < -0.4 is 15.0 Å². The van der Waals surface area contributed by atoms with E-state index in [0.717, 1.165) is 28.1 Å². The van der Waals surface area contributed by atoms with Crippen LogP contribution in [0.25, 0.3) is 22.0 Å². The quantitative estimate of drug-likeness (QED) is 0.802. The fraction of sp³-hybridized carbons (Fsp3) is 0.118. The second kappa shape index (κ2) is 5.32. The molecule has 21 heavy (non-hydrogen) atoms. The summed E-state index contributed by atoms with van der Waals surface area (Å²) in [7, 11) is 3.23. The van der Waals surface area contributed by atoms with Crippen molar-refractivity contribution in [1.29, 1.82) is 0 Å². The van der Waals surface area contributed by atoms with E-state index in [1.807, 2.05) is 36.4 Å². The summed E-state index contributed by atoms with van der Waals surface area (Å²) in [5.74, 6) is 1.51. The zero-order valence-electron chi connectivity index (χ0n) is 11.8. The number of hydrogen-bond donors (Lipinski definition) is 1. The molecule has 3 aromatic rings. The van der Waals surface area contributed by atoms with E-state index < -0.39 is 0 Å². The van der Waals surface area contributed by atoms with Crippen LogP contribution in [0.2, 0.25) is 0 Å². The standard InChI is InChI=1S/C17H15NO3/c1-20-13-5-3-11(4-6-13)16-10-12-9-14(21-2)7-8-15(12)17(19)18-16/h3-10H,1-2H3,(H,18,19). The highest BCUT2D eigenvalue weighted by Crippen LogP contribution is 2.24. The molecule has 0 aliphatic rings. The van der Waals surface area contributed by atoms with Gasteiger partial charge < -0.3 is 14.5 Å². The van der Waals surface area contributed by atoms with E-state index in [9.17, 15) is 4.79 Å². The van der Waals surface area contributed by atoms with Crippen molar-refractivity contribution in [2.45, 2.75) is 0 Å². The van der Waals surface area contributed by atoms with Gasteiger partial charge in [0.2, 0.25) is 0 Å². The Morgan fingerprint density at radius 1 is 0.857 bits per heavy atom. The fourth-order valence-corrected chi connectivity index (χ4v) is 2.30. The Morgan fingerprint density at radius 2 is 1.52 bits per heavy atom. The molecule has 0 radical (unpaired) electrons. The van der Waals surface area contributed by atoms with Crippen molar-refractivity contribution in [1.82, 2.24) is 4.98 Å². The number of rotatable bonds is 3. The van der Waals surface area contributed by atoms with Gasteiger partial charge in [-0.1, -0.05) is 0 Å². The Bertz CT molecular complexity index is 835. The van der Waals surface area contributed by atoms with E-state index in [2.05, 4.69) is 4.98 Å². The molecule has 1 heterocycles. The number of aromatic amines is 1. The molecule has 3 rings (SSSR count). The number of methoxy groups -OCH3 is 2. The van der Waals surface area contributed by atoms with E-state index in [1.54, 1.807) is 26.4 Å². The molecule has 0 spiro atoms. The van der Waals surface area contributed by atoms with Gasteiger partial charge in [-0.3, -0.25) is 4.79 Å². The van der Waals surface area contributed by atoms with Gasteiger partial charge in [-0.2, -0.15) is 0 Å². The summed E-state index contributed by atoms with van der Waals surface area (Å²) in [6, 6.07) is 14.9. The summed E-state index contributed by atoms with van der Waals surface area (Å²) >= 11 is 0. The molecule has 0 saturated carbocycles. The van der Waals surface area contributed by atoms with Gasteiger partial charge in [-0.15, -0.1) is 0 Å². The summed E-state index contributed by atoms with van der Waals surface area (Å²) in [5, 5.41) is 1.50. The molecule has 1 aromatic heterocycles. The number of fused-ring (bicyclic) bond motifs is 1. The number of pyridine rings is 1. The predicted octanol–water partition coefficient (Wildman–Crippen LogP) is 3.21. The van der Waals surface area contributed by atoms with E-state index >= 15 is 0 Å². The van der Waals surface area contributed by atoms with Gasteiger partial charge in [0, 0.05) is 11.1 Å². The molecular formula is C17H15NO3. The predicted molar refractivity (Wildman–Crippen MR) is 83.1 cm³/mol. The molecule has 0 atom stereocenters. The average Bonchev–Trinajstić information content (AvgIpc) is 2.54. The normalized spacial score (nSPS) is 10.6. The van der Waals surface area contributed by atoms with Crippen LogP contribution in [0.15, 0.2) is 53.3 Å². The van der Waals surface area contributed by atoms with Crippen LogP contribution in [0.3, 0.4) is 0 Å². The Labute approximate surface area is 122 Å². The first kappa shape index (κ1) is 13.2. The Kier molecular flexibility index (Phi) is 3.36. The van der Waals surface area contributed by atoms with Crippen molar-refractivity contribution in [3.63, 3.8) is 0 Å². The van der Waals surface area contributed by atoms with Crippen molar-refractivity contribution < 1.29 is 9.47 Å². The van der Waals surface area contributed by atoms with E-state index in [0.29, 0.717) is 5.39 Å². The second-order valence-electron chi connectivity index (χ2n) is 4.69. The summed E-state index contributed by atoms with van der Waals surface area (Å²) < 4.78 is 10.4. The van der Waals surface area contributed by atoms with Crippen molar-refractivity contribution in [3.8, 4) is 22.8 Å². The molecule has 1 N–H and O–H groups in total. The lowest BCUT2D eigenvalue weighted by molar-refractivity contribution is 0.415. The molecular weight excluding hydrogens is 266 g/mol. The van der Waals surface area contributed by atoms with Gasteiger partial charge >= 0.3 is 0 Å². The van der Waals surface area contributed by atoms with Crippen LogP contribution in [0.1, 0.15) is 0 Å². The maximum absolute atomic E-state index is 12.2. The van der Waals surface area contributed by atoms with Crippen LogP contribution in [0, 0.1) is 0 Å². The molecule has 4 heteroatoms. The number of benzene rings is 2. The molecule has 0 saturated heterocycles. The summed E-state index contributed by atoms with van der Waals surface area (Å²) in [6.07, 6.45) is 0. The maximum atomic E-state index is 12.2. The van der Waals surface area contributed by atoms with Gasteiger partial charge in [0.25, 0.3) is 5.56 Å². The second-order valence-corrected chi connectivity index (χ2v) is 4.69. The number of nitrogens with one attached hydrogen (secondary N) is 1. The summed E-state index contributed by atoms with van der Waals surface area (Å²) in [5.41, 5.74) is 1.59. The molecule has 0 bridgehead atoms. The summed E-state index contributed by atoms with van der Waals surface area (Å²) in [6.45, 7) is 0. The van der Waals surface area contributed by atoms with Crippen molar-refractivity contribution >= 4 is 10.8 Å². The summed E-state index contributed by atoms with van der Waals surface area (Å²) in [4.78, 5) is 15.1. The van der Waals surface area contributed by atoms with Crippen LogP contribution in [0.4, 0.5) is 0 Å². The van der Waals surface area contributed by atoms with Gasteiger partial charge in [0.1, 0.15) is 11.5 Å². The van der Waals surface area contributed by atoms with Crippen LogP contribution in [-0.4, -0.2) is 19.2 Å². The third kappa shape index (κ3) is 2.48. The molecule has 0 fully saturated rings. The molecule has 0 aliphatic carbocycles. The highest BCUT2D eigenvalue weighted by atomic mass is 16.5. The molecule has 0 unspecified atom stereocenters. The Morgan fingerprint density at radius 3 is 2.19 bits per heavy atom. The molecule has 0 amide bonds. The van der Waals surface area contributed by atoms with Crippen molar-refractivity contribution in [2.75, 3.05) is 14.2 Å². The van der Waals surface area contributed by atoms with E-state index in [1.165, 1.54) is 0 Å². The highest BCUT2D eigenvalue weighted by molar-refractivity contribution is 5.86. The topological polar surface area (TPSA) is 51.3 Å². The van der Waals surface area contributed by atoms with Crippen LogP contribution in [0.5, 0.6) is 11.5 Å². The van der Waals surface area contributed by atoms with E-state index in [-0.39, 0.29) is 5.56 Å². The van der Waals surface area contributed by atoms with Gasteiger partial charge in [0.05, 0.1) is 14.2 Å². The van der Waals surface area contributed by atoms with Crippen molar-refractivity contribution in [2.24, 2.45) is 0 Å². The molecule has 0 aliphatic heterocycles. The monoisotopic (exact) mass is 281 g/mol. The zero-order valence-corrected chi connectivity index (χ0v) is 11.8. The Hall–Kier alpha value is -2.75. The smallest absolute Gasteiger partial charge is 0.256 e. The largest absolute Gasteiger partial charge is 0.497 e. The first-order valence-electron chi connectivity index (χ1n) is 6.57. The average molecular weight is 281 g/mol. The van der Waals surface area contributed by atoms with Gasteiger partial charge in [0.15, 0.2) is 0 Å². The number of ether oxygens (including phenoxy) is 2.